The second-order valence-corrected chi connectivity index (χ2v) is 6.93. The van der Waals surface area contributed by atoms with Crippen LogP contribution in [0.3, 0.4) is 0 Å². The van der Waals surface area contributed by atoms with Crippen molar-refractivity contribution < 1.29 is 19.4 Å². The molecule has 6 heteroatoms. The third-order valence-corrected chi connectivity index (χ3v) is 4.36. The number of amides is 1. The Morgan fingerprint density at radius 1 is 1.37 bits per heavy atom. The Morgan fingerprint density at radius 3 is 2.32 bits per heavy atom. The number of methoxy groups -OCH3 is 1. The molecular weight excluding hydrogens is 314 g/mol. The second kappa shape index (κ2) is 6.90. The minimum Gasteiger partial charge on any atom is -0.444 e. The van der Waals surface area contributed by atoms with Gasteiger partial charge >= 0.3 is 6.09 Å². The van der Waals surface area contributed by atoms with Gasteiger partial charge in [0.05, 0.1) is 4.83 Å². The van der Waals surface area contributed by atoms with Gasteiger partial charge in [-0.05, 0) is 39.5 Å². The average molecular weight is 338 g/mol. The van der Waals surface area contributed by atoms with E-state index in [0.29, 0.717) is 19.0 Å². The fourth-order valence-corrected chi connectivity index (χ4v) is 2.83. The molecule has 0 bridgehead atoms. The van der Waals surface area contributed by atoms with Crippen LogP contribution < -0.4 is 0 Å². The Kier molecular flexibility index (Phi) is 6.08. The van der Waals surface area contributed by atoms with E-state index in [9.17, 15) is 9.90 Å². The molecule has 1 amide bonds. The van der Waals surface area contributed by atoms with Gasteiger partial charge in [-0.15, -0.1) is 0 Å². The summed E-state index contributed by atoms with van der Waals surface area (Å²) in [5.41, 5.74) is -0.460. The molecular formula is C13H24BrNO4. The monoisotopic (exact) mass is 337 g/mol. The molecule has 1 aliphatic rings. The van der Waals surface area contributed by atoms with Gasteiger partial charge in [0, 0.05) is 20.2 Å². The van der Waals surface area contributed by atoms with E-state index in [1.54, 1.807) is 4.90 Å². The van der Waals surface area contributed by atoms with Crippen LogP contribution in [0.15, 0.2) is 0 Å². The molecule has 1 saturated heterocycles. The molecule has 1 heterocycles. The van der Waals surface area contributed by atoms with Crippen molar-refractivity contribution in [2.45, 2.75) is 50.3 Å². The van der Waals surface area contributed by atoms with Gasteiger partial charge in [0.1, 0.15) is 5.60 Å². The van der Waals surface area contributed by atoms with Crippen molar-refractivity contribution in [3.05, 3.63) is 0 Å². The van der Waals surface area contributed by atoms with E-state index in [1.165, 1.54) is 7.11 Å². The summed E-state index contributed by atoms with van der Waals surface area (Å²) in [5, 5.41) is 9.63. The predicted molar refractivity (Wildman–Crippen MR) is 76.3 cm³/mol. The molecule has 2 unspecified atom stereocenters. The number of aliphatic hydroxyl groups is 1. The Labute approximate surface area is 123 Å². The molecule has 0 aromatic carbocycles. The Bertz CT molecular complexity index is 298. The molecule has 19 heavy (non-hydrogen) atoms. The minimum atomic E-state index is -0.807. The van der Waals surface area contributed by atoms with Crippen molar-refractivity contribution in [3.63, 3.8) is 0 Å². The highest BCUT2D eigenvalue weighted by Crippen LogP contribution is 2.28. The third kappa shape index (κ3) is 5.28. The first-order valence-corrected chi connectivity index (χ1v) is 7.49. The quantitative estimate of drug-likeness (QED) is 0.634. The summed E-state index contributed by atoms with van der Waals surface area (Å²) < 4.78 is 10.3. The van der Waals surface area contributed by atoms with Crippen LogP contribution in [-0.2, 0) is 9.47 Å². The maximum atomic E-state index is 11.9. The smallest absolute Gasteiger partial charge is 0.410 e. The standard InChI is InChI=1S/C13H24BrNO4/c1-13(2,3)19-12(17)15-7-5-9(6-8-15)10(14)11(16)18-4/h9-11,16H,5-8H2,1-4H3. The van der Waals surface area contributed by atoms with Gasteiger partial charge in [0.15, 0.2) is 6.29 Å². The summed E-state index contributed by atoms with van der Waals surface area (Å²) in [5.74, 6) is 0.300. The van der Waals surface area contributed by atoms with Crippen molar-refractivity contribution in [2.75, 3.05) is 20.2 Å². The predicted octanol–water partition coefficient (Wildman–Crippen LogP) is 2.36. The van der Waals surface area contributed by atoms with Crippen LogP contribution in [0.2, 0.25) is 0 Å². The van der Waals surface area contributed by atoms with E-state index < -0.39 is 11.9 Å². The summed E-state index contributed by atoms with van der Waals surface area (Å²) in [7, 11) is 1.48. The second-order valence-electron chi connectivity index (χ2n) is 5.88. The number of rotatable bonds is 3. The number of nitrogens with zero attached hydrogens (tertiary/aromatic N) is 1. The topological polar surface area (TPSA) is 59.0 Å². The average Bonchev–Trinajstić information content (AvgIpc) is 2.35. The molecule has 0 radical (unpaired) electrons. The molecule has 0 saturated carbocycles. The molecule has 0 aromatic heterocycles. The largest absolute Gasteiger partial charge is 0.444 e. The molecule has 1 N–H and O–H groups in total. The molecule has 0 aliphatic carbocycles. The lowest BCUT2D eigenvalue weighted by molar-refractivity contribution is -0.0840. The number of ether oxygens (including phenoxy) is 2. The van der Waals surface area contributed by atoms with E-state index in [4.69, 9.17) is 9.47 Å². The van der Waals surface area contributed by atoms with Gasteiger partial charge in [-0.25, -0.2) is 4.79 Å². The van der Waals surface area contributed by atoms with Gasteiger partial charge < -0.3 is 19.5 Å². The SMILES string of the molecule is COC(O)C(Br)C1CCN(C(=O)OC(C)(C)C)CC1. The van der Waals surface area contributed by atoms with Crippen molar-refractivity contribution in [2.24, 2.45) is 5.92 Å². The molecule has 0 spiro atoms. The van der Waals surface area contributed by atoms with E-state index in [-0.39, 0.29) is 10.9 Å². The number of alkyl halides is 1. The van der Waals surface area contributed by atoms with E-state index in [2.05, 4.69) is 15.9 Å². The fourth-order valence-electron chi connectivity index (χ4n) is 2.09. The number of piperidine rings is 1. The lowest BCUT2D eigenvalue weighted by Gasteiger charge is -2.35. The number of carbonyl (C=O) groups excluding carboxylic acids is 1. The van der Waals surface area contributed by atoms with Crippen molar-refractivity contribution in [1.29, 1.82) is 0 Å². The van der Waals surface area contributed by atoms with Crippen molar-refractivity contribution >= 4 is 22.0 Å². The zero-order chi connectivity index (χ0) is 14.6. The summed E-state index contributed by atoms with van der Waals surface area (Å²) >= 11 is 3.46. The molecule has 2 atom stereocenters. The molecule has 0 aromatic rings. The molecule has 112 valence electrons. The zero-order valence-electron chi connectivity index (χ0n) is 12.1. The van der Waals surface area contributed by atoms with Crippen LogP contribution in [0, 0.1) is 5.92 Å². The number of hydrogen-bond acceptors (Lipinski definition) is 4. The fraction of sp³-hybridized carbons (Fsp3) is 0.923. The Balaban J connectivity index is 2.42. The van der Waals surface area contributed by atoms with Crippen LogP contribution in [-0.4, -0.2) is 53.0 Å². The molecule has 1 rings (SSSR count). The van der Waals surface area contributed by atoms with Gasteiger partial charge in [0.25, 0.3) is 0 Å². The highest BCUT2D eigenvalue weighted by atomic mass is 79.9. The third-order valence-electron chi connectivity index (χ3n) is 3.16. The van der Waals surface area contributed by atoms with Gasteiger partial charge in [-0.2, -0.15) is 0 Å². The van der Waals surface area contributed by atoms with Crippen LogP contribution in [0.4, 0.5) is 4.79 Å². The van der Waals surface area contributed by atoms with Crippen LogP contribution >= 0.6 is 15.9 Å². The molecule has 1 aliphatic heterocycles. The van der Waals surface area contributed by atoms with Gasteiger partial charge in [-0.3, -0.25) is 0 Å². The molecule has 5 nitrogen and oxygen atoms in total. The Hall–Kier alpha value is -0.330. The lowest BCUT2D eigenvalue weighted by Crippen LogP contribution is -2.44. The summed E-state index contributed by atoms with van der Waals surface area (Å²) in [6, 6.07) is 0. The summed E-state index contributed by atoms with van der Waals surface area (Å²) in [4.78, 5) is 13.5. The highest BCUT2D eigenvalue weighted by molar-refractivity contribution is 9.09. The van der Waals surface area contributed by atoms with E-state index >= 15 is 0 Å². The van der Waals surface area contributed by atoms with Gasteiger partial charge in [0.2, 0.25) is 0 Å². The highest BCUT2D eigenvalue weighted by Gasteiger charge is 2.32. The zero-order valence-corrected chi connectivity index (χ0v) is 13.6. The number of carbonyl (C=O) groups is 1. The maximum absolute atomic E-state index is 11.9. The number of likely N-dealkylation sites (tertiary alicyclic amines) is 1. The minimum absolute atomic E-state index is 0.0988. The normalized spacial score (nSPS) is 21.1. The van der Waals surface area contributed by atoms with Crippen molar-refractivity contribution in [3.8, 4) is 0 Å². The molecule has 1 fully saturated rings. The Morgan fingerprint density at radius 2 is 1.89 bits per heavy atom. The first-order chi connectivity index (χ1) is 8.74. The first kappa shape index (κ1) is 16.7. The van der Waals surface area contributed by atoms with Gasteiger partial charge in [-0.1, -0.05) is 15.9 Å². The first-order valence-electron chi connectivity index (χ1n) is 6.57. The lowest BCUT2D eigenvalue weighted by atomic mass is 9.93. The number of halogens is 1. The summed E-state index contributed by atoms with van der Waals surface area (Å²) in [6.07, 6.45) is 0.591. The summed E-state index contributed by atoms with van der Waals surface area (Å²) in [6.45, 7) is 6.89. The number of aliphatic hydroxyl groups excluding tert-OH is 1. The van der Waals surface area contributed by atoms with E-state index in [1.807, 2.05) is 20.8 Å². The van der Waals surface area contributed by atoms with E-state index in [0.717, 1.165) is 12.8 Å². The van der Waals surface area contributed by atoms with Crippen LogP contribution in [0.25, 0.3) is 0 Å². The number of hydrogen-bond donors (Lipinski definition) is 1. The van der Waals surface area contributed by atoms with Crippen LogP contribution in [0.1, 0.15) is 33.6 Å². The van der Waals surface area contributed by atoms with Crippen molar-refractivity contribution in [1.82, 2.24) is 4.90 Å². The maximum Gasteiger partial charge on any atom is 0.410 e. The van der Waals surface area contributed by atoms with Crippen LogP contribution in [0.5, 0.6) is 0 Å².